The zero-order valence-corrected chi connectivity index (χ0v) is 9.68. The molecular weight excluding hydrogens is 222 g/mol. The molecule has 1 aromatic rings. The summed E-state index contributed by atoms with van der Waals surface area (Å²) in [6, 6.07) is 1.50. The monoisotopic (exact) mass is 237 g/mol. The summed E-state index contributed by atoms with van der Waals surface area (Å²) < 4.78 is 7.21. The Hall–Kier alpha value is -1.62. The summed E-state index contributed by atoms with van der Waals surface area (Å²) in [5, 5.41) is 8.93. The number of carbonyl (C=O) groups is 1. The van der Waals surface area contributed by atoms with Crippen LogP contribution in [0.25, 0.3) is 0 Å². The molecule has 0 radical (unpaired) electrons. The van der Waals surface area contributed by atoms with Crippen molar-refractivity contribution in [1.29, 1.82) is 0 Å². The Morgan fingerprint density at radius 1 is 1.59 bits per heavy atom. The van der Waals surface area contributed by atoms with Crippen molar-refractivity contribution < 1.29 is 14.6 Å². The Morgan fingerprint density at radius 3 is 2.94 bits per heavy atom. The molecule has 1 fully saturated rings. The van der Waals surface area contributed by atoms with Crippen LogP contribution in [0.15, 0.2) is 17.1 Å². The molecule has 0 aliphatic carbocycles. The van der Waals surface area contributed by atoms with Gasteiger partial charge in [0, 0.05) is 24.6 Å². The third kappa shape index (κ3) is 2.39. The van der Waals surface area contributed by atoms with Crippen LogP contribution in [0.2, 0.25) is 0 Å². The van der Waals surface area contributed by atoms with E-state index in [1.165, 1.54) is 12.3 Å². The molecule has 0 bridgehead atoms. The molecule has 1 aromatic heterocycles. The van der Waals surface area contributed by atoms with Crippen molar-refractivity contribution in [1.82, 2.24) is 4.57 Å². The number of hydrogen-bond donors (Lipinski definition) is 1. The summed E-state index contributed by atoms with van der Waals surface area (Å²) in [6.45, 7) is 3.13. The first-order valence-corrected chi connectivity index (χ1v) is 5.63. The minimum Gasteiger partial charge on any atom is -0.477 e. The maximum Gasteiger partial charge on any atom is 0.341 e. The Kier molecular flexibility index (Phi) is 3.28. The smallest absolute Gasteiger partial charge is 0.341 e. The van der Waals surface area contributed by atoms with Gasteiger partial charge in [0.05, 0.1) is 12.6 Å². The fourth-order valence-corrected chi connectivity index (χ4v) is 2.14. The van der Waals surface area contributed by atoms with E-state index >= 15 is 0 Å². The third-order valence-electron chi connectivity index (χ3n) is 3.04. The number of nitrogens with zero attached hydrogens (tertiary/aromatic N) is 1. The molecule has 2 rings (SSSR count). The molecule has 1 saturated heterocycles. The second-order valence-electron chi connectivity index (χ2n) is 4.28. The maximum absolute atomic E-state index is 11.5. The summed E-state index contributed by atoms with van der Waals surface area (Å²) in [5.41, 5.74) is 0.152. The third-order valence-corrected chi connectivity index (χ3v) is 3.04. The van der Waals surface area contributed by atoms with Crippen LogP contribution in [0, 0.1) is 6.92 Å². The summed E-state index contributed by atoms with van der Waals surface area (Å²) in [5.74, 6) is -1.18. The van der Waals surface area contributed by atoms with Crippen LogP contribution >= 0.6 is 0 Å². The van der Waals surface area contributed by atoms with Gasteiger partial charge < -0.3 is 14.4 Å². The summed E-state index contributed by atoms with van der Waals surface area (Å²) >= 11 is 0. The van der Waals surface area contributed by atoms with E-state index in [9.17, 15) is 9.59 Å². The second kappa shape index (κ2) is 4.71. The Bertz CT molecular complexity index is 486. The van der Waals surface area contributed by atoms with Gasteiger partial charge in [0.15, 0.2) is 5.43 Å². The molecule has 1 aliphatic heterocycles. The van der Waals surface area contributed by atoms with Crippen LogP contribution in [-0.2, 0) is 4.74 Å². The SMILES string of the molecule is Cc1cc(=O)c(C(=O)O)cn1[C@@H]1CCCOC1. The van der Waals surface area contributed by atoms with Crippen molar-refractivity contribution in [2.24, 2.45) is 0 Å². The molecule has 0 aromatic carbocycles. The van der Waals surface area contributed by atoms with Gasteiger partial charge in [-0.05, 0) is 19.8 Å². The number of aryl methyl sites for hydroxylation is 1. The van der Waals surface area contributed by atoms with Gasteiger partial charge in [0.1, 0.15) is 5.56 Å². The molecule has 2 heterocycles. The molecule has 5 nitrogen and oxygen atoms in total. The molecule has 92 valence electrons. The number of carboxylic acids is 1. The standard InChI is InChI=1S/C12H15NO4/c1-8-5-11(14)10(12(15)16)6-13(8)9-3-2-4-17-7-9/h5-6,9H,2-4,7H2,1H3,(H,15,16)/t9-/m1/s1. The molecule has 0 saturated carbocycles. The Morgan fingerprint density at radius 2 is 2.35 bits per heavy atom. The van der Waals surface area contributed by atoms with E-state index in [1.54, 1.807) is 0 Å². The number of pyridine rings is 1. The average molecular weight is 237 g/mol. The van der Waals surface area contributed by atoms with Gasteiger partial charge in [-0.15, -0.1) is 0 Å². The zero-order chi connectivity index (χ0) is 12.4. The number of carboxylic acid groups (broad SMARTS) is 1. The molecule has 1 atom stereocenters. The van der Waals surface area contributed by atoms with E-state index in [0.29, 0.717) is 6.61 Å². The summed E-state index contributed by atoms with van der Waals surface area (Å²) in [6.07, 6.45) is 3.33. The highest BCUT2D eigenvalue weighted by molar-refractivity contribution is 5.87. The lowest BCUT2D eigenvalue weighted by atomic mass is 10.1. The van der Waals surface area contributed by atoms with Gasteiger partial charge in [-0.3, -0.25) is 4.79 Å². The van der Waals surface area contributed by atoms with E-state index in [1.807, 2.05) is 11.5 Å². The topological polar surface area (TPSA) is 68.5 Å². The van der Waals surface area contributed by atoms with Gasteiger partial charge in [0.2, 0.25) is 0 Å². The molecular formula is C12H15NO4. The van der Waals surface area contributed by atoms with E-state index in [4.69, 9.17) is 9.84 Å². The highest BCUT2D eigenvalue weighted by Gasteiger charge is 2.19. The maximum atomic E-state index is 11.5. The Labute approximate surface area is 98.6 Å². The van der Waals surface area contributed by atoms with E-state index in [0.717, 1.165) is 25.1 Å². The van der Waals surface area contributed by atoms with Crippen molar-refractivity contribution in [3.63, 3.8) is 0 Å². The molecule has 0 unspecified atom stereocenters. The second-order valence-corrected chi connectivity index (χ2v) is 4.28. The highest BCUT2D eigenvalue weighted by Crippen LogP contribution is 2.20. The number of rotatable bonds is 2. The van der Waals surface area contributed by atoms with Crippen molar-refractivity contribution in [2.45, 2.75) is 25.8 Å². The van der Waals surface area contributed by atoms with Crippen molar-refractivity contribution in [3.05, 3.63) is 33.7 Å². The fourth-order valence-electron chi connectivity index (χ4n) is 2.14. The first-order chi connectivity index (χ1) is 8.09. The molecule has 0 spiro atoms. The highest BCUT2D eigenvalue weighted by atomic mass is 16.5. The van der Waals surface area contributed by atoms with E-state index in [-0.39, 0.29) is 11.6 Å². The van der Waals surface area contributed by atoms with Crippen LogP contribution in [-0.4, -0.2) is 28.9 Å². The van der Waals surface area contributed by atoms with E-state index in [2.05, 4.69) is 0 Å². The van der Waals surface area contributed by atoms with E-state index < -0.39 is 11.4 Å². The van der Waals surface area contributed by atoms with Gasteiger partial charge in [-0.1, -0.05) is 0 Å². The van der Waals surface area contributed by atoms with Gasteiger partial charge in [-0.25, -0.2) is 4.79 Å². The zero-order valence-electron chi connectivity index (χ0n) is 9.68. The predicted molar refractivity (Wildman–Crippen MR) is 61.5 cm³/mol. The lowest BCUT2D eigenvalue weighted by Crippen LogP contribution is -2.26. The lowest BCUT2D eigenvalue weighted by molar-refractivity contribution is 0.0576. The van der Waals surface area contributed by atoms with Crippen molar-refractivity contribution in [2.75, 3.05) is 13.2 Å². The lowest BCUT2D eigenvalue weighted by Gasteiger charge is -2.26. The first-order valence-electron chi connectivity index (χ1n) is 5.63. The average Bonchev–Trinajstić information content (AvgIpc) is 2.29. The van der Waals surface area contributed by atoms with Gasteiger partial charge in [0.25, 0.3) is 0 Å². The van der Waals surface area contributed by atoms with Crippen LogP contribution in [0.3, 0.4) is 0 Å². The van der Waals surface area contributed by atoms with Crippen molar-refractivity contribution in [3.8, 4) is 0 Å². The fraction of sp³-hybridized carbons (Fsp3) is 0.500. The number of ether oxygens (including phenoxy) is 1. The molecule has 5 heteroatoms. The molecule has 1 aliphatic rings. The Balaban J connectivity index is 2.42. The van der Waals surface area contributed by atoms with Crippen LogP contribution in [0.4, 0.5) is 0 Å². The van der Waals surface area contributed by atoms with Crippen LogP contribution < -0.4 is 5.43 Å². The normalized spacial score (nSPS) is 20.2. The minimum atomic E-state index is -1.18. The quantitative estimate of drug-likeness (QED) is 0.839. The largest absolute Gasteiger partial charge is 0.477 e. The molecule has 1 N–H and O–H groups in total. The molecule has 17 heavy (non-hydrogen) atoms. The summed E-state index contributed by atoms with van der Waals surface area (Å²) in [4.78, 5) is 22.4. The van der Waals surface area contributed by atoms with Crippen LogP contribution in [0.5, 0.6) is 0 Å². The number of hydrogen-bond acceptors (Lipinski definition) is 3. The number of aromatic nitrogens is 1. The van der Waals surface area contributed by atoms with Gasteiger partial charge in [-0.2, -0.15) is 0 Å². The summed E-state index contributed by atoms with van der Waals surface area (Å²) in [7, 11) is 0. The van der Waals surface area contributed by atoms with Gasteiger partial charge >= 0.3 is 5.97 Å². The first kappa shape index (κ1) is 11.9. The van der Waals surface area contributed by atoms with Crippen LogP contribution in [0.1, 0.15) is 34.9 Å². The predicted octanol–water partition coefficient (Wildman–Crippen LogP) is 1.21. The molecule has 0 amide bonds. The number of aromatic carboxylic acids is 1. The minimum absolute atomic E-state index is 0.127. The van der Waals surface area contributed by atoms with Crippen molar-refractivity contribution >= 4 is 5.97 Å².